The van der Waals surface area contributed by atoms with Gasteiger partial charge >= 0.3 is 0 Å². The number of carbonyl (C=O) groups excluding carboxylic acids is 2. The molecule has 5 heteroatoms. The van der Waals surface area contributed by atoms with Crippen LogP contribution in [0.25, 0.3) is 0 Å². The lowest BCUT2D eigenvalue weighted by Crippen LogP contribution is -2.38. The Hall–Kier alpha value is -1.91. The minimum Gasteiger partial charge on any atom is -0.344 e. The number of hydrogen-bond acceptors (Lipinski definition) is 3. The highest BCUT2D eigenvalue weighted by Crippen LogP contribution is 1.96. The standard InChI is InChI=1S/C13H19N3O2/c1-3-4-8-16(2)12(17)10-15-13(18)11-6-5-7-14-9-11/h5-7,9H,3-4,8,10H2,1-2H3,(H,15,18). The molecule has 0 aliphatic rings. The van der Waals surface area contributed by atoms with Gasteiger partial charge in [-0.1, -0.05) is 13.3 Å². The Balaban J connectivity index is 2.36. The number of hydrogen-bond donors (Lipinski definition) is 1. The fourth-order valence-corrected chi connectivity index (χ4v) is 1.41. The van der Waals surface area contributed by atoms with Gasteiger partial charge in [-0.25, -0.2) is 0 Å². The Morgan fingerprint density at radius 2 is 2.22 bits per heavy atom. The molecule has 0 fully saturated rings. The molecule has 1 aromatic rings. The highest BCUT2D eigenvalue weighted by molar-refractivity contribution is 5.96. The normalized spacial score (nSPS) is 9.89. The van der Waals surface area contributed by atoms with E-state index in [9.17, 15) is 9.59 Å². The zero-order valence-corrected chi connectivity index (χ0v) is 10.8. The van der Waals surface area contributed by atoms with Crippen molar-refractivity contribution in [1.82, 2.24) is 15.2 Å². The molecule has 1 aromatic heterocycles. The lowest BCUT2D eigenvalue weighted by atomic mass is 10.2. The Morgan fingerprint density at radius 1 is 1.44 bits per heavy atom. The second-order valence-electron chi connectivity index (χ2n) is 4.09. The summed E-state index contributed by atoms with van der Waals surface area (Å²) in [6.07, 6.45) is 5.08. The lowest BCUT2D eigenvalue weighted by Gasteiger charge is -2.16. The molecule has 0 aliphatic carbocycles. The molecule has 5 nitrogen and oxygen atoms in total. The van der Waals surface area contributed by atoms with Gasteiger partial charge < -0.3 is 10.2 Å². The largest absolute Gasteiger partial charge is 0.344 e. The molecule has 0 spiro atoms. The van der Waals surface area contributed by atoms with Crippen molar-refractivity contribution in [2.24, 2.45) is 0 Å². The highest BCUT2D eigenvalue weighted by atomic mass is 16.2. The van der Waals surface area contributed by atoms with Gasteiger partial charge in [0.05, 0.1) is 12.1 Å². The molecule has 18 heavy (non-hydrogen) atoms. The van der Waals surface area contributed by atoms with Gasteiger partial charge in [0.1, 0.15) is 0 Å². The van der Waals surface area contributed by atoms with Gasteiger partial charge in [0.2, 0.25) is 5.91 Å². The van der Waals surface area contributed by atoms with E-state index in [0.29, 0.717) is 5.56 Å². The molecule has 1 rings (SSSR count). The van der Waals surface area contributed by atoms with Crippen LogP contribution in [0.15, 0.2) is 24.5 Å². The van der Waals surface area contributed by atoms with Crippen molar-refractivity contribution in [1.29, 1.82) is 0 Å². The van der Waals surface area contributed by atoms with E-state index >= 15 is 0 Å². The Bertz CT molecular complexity index is 392. The molecule has 0 radical (unpaired) electrons. The third-order valence-corrected chi connectivity index (χ3v) is 2.60. The van der Waals surface area contributed by atoms with Gasteiger partial charge in [0, 0.05) is 26.0 Å². The van der Waals surface area contributed by atoms with E-state index in [4.69, 9.17) is 0 Å². The van der Waals surface area contributed by atoms with Crippen molar-refractivity contribution < 1.29 is 9.59 Å². The first kappa shape index (κ1) is 14.2. The summed E-state index contributed by atoms with van der Waals surface area (Å²) >= 11 is 0. The first-order valence-electron chi connectivity index (χ1n) is 6.07. The number of likely N-dealkylation sites (N-methyl/N-ethyl adjacent to an activating group) is 1. The smallest absolute Gasteiger partial charge is 0.253 e. The highest BCUT2D eigenvalue weighted by Gasteiger charge is 2.10. The number of rotatable bonds is 6. The summed E-state index contributed by atoms with van der Waals surface area (Å²) in [5.74, 6) is -0.360. The van der Waals surface area contributed by atoms with Crippen molar-refractivity contribution in [3.05, 3.63) is 30.1 Å². The van der Waals surface area contributed by atoms with Gasteiger partial charge in [0.25, 0.3) is 5.91 Å². The Morgan fingerprint density at radius 3 is 2.83 bits per heavy atom. The average Bonchev–Trinajstić information content (AvgIpc) is 2.42. The fraction of sp³-hybridized carbons (Fsp3) is 0.462. The van der Waals surface area contributed by atoms with E-state index in [0.717, 1.165) is 19.4 Å². The van der Waals surface area contributed by atoms with Crippen LogP contribution in [0.4, 0.5) is 0 Å². The molecule has 98 valence electrons. The first-order valence-corrected chi connectivity index (χ1v) is 6.07. The number of pyridine rings is 1. The van der Waals surface area contributed by atoms with Crippen molar-refractivity contribution in [3.63, 3.8) is 0 Å². The van der Waals surface area contributed by atoms with Crippen LogP contribution in [0.1, 0.15) is 30.1 Å². The molecule has 0 aliphatic heterocycles. The van der Waals surface area contributed by atoms with Crippen molar-refractivity contribution >= 4 is 11.8 Å². The molecule has 0 saturated carbocycles. The van der Waals surface area contributed by atoms with Crippen LogP contribution in [-0.4, -0.2) is 41.8 Å². The van der Waals surface area contributed by atoms with Crippen molar-refractivity contribution in [3.8, 4) is 0 Å². The van der Waals surface area contributed by atoms with Crippen LogP contribution in [0.3, 0.4) is 0 Å². The zero-order chi connectivity index (χ0) is 13.4. The zero-order valence-electron chi connectivity index (χ0n) is 10.8. The third-order valence-electron chi connectivity index (χ3n) is 2.60. The van der Waals surface area contributed by atoms with Crippen LogP contribution >= 0.6 is 0 Å². The first-order chi connectivity index (χ1) is 8.65. The molecule has 0 aromatic carbocycles. The summed E-state index contributed by atoms with van der Waals surface area (Å²) in [6.45, 7) is 2.81. The number of carbonyl (C=O) groups is 2. The maximum Gasteiger partial charge on any atom is 0.253 e. The van der Waals surface area contributed by atoms with Gasteiger partial charge in [-0.2, -0.15) is 0 Å². The van der Waals surface area contributed by atoms with E-state index in [-0.39, 0.29) is 18.4 Å². The molecule has 0 bridgehead atoms. The molecule has 0 saturated heterocycles. The van der Waals surface area contributed by atoms with Gasteiger partial charge in [-0.05, 0) is 18.6 Å². The maximum absolute atomic E-state index is 11.7. The predicted octanol–water partition coefficient (Wildman–Crippen LogP) is 1.07. The van der Waals surface area contributed by atoms with Crippen LogP contribution in [0.5, 0.6) is 0 Å². The molecule has 0 atom stereocenters. The minimum absolute atomic E-state index is 0.0218. The molecule has 2 amide bonds. The second kappa shape index (κ2) is 7.42. The number of amides is 2. The van der Waals surface area contributed by atoms with Gasteiger partial charge in [0.15, 0.2) is 0 Å². The fourth-order valence-electron chi connectivity index (χ4n) is 1.41. The maximum atomic E-state index is 11.7. The Labute approximate surface area is 107 Å². The van der Waals surface area contributed by atoms with E-state index in [1.54, 1.807) is 30.3 Å². The van der Waals surface area contributed by atoms with Crippen LogP contribution < -0.4 is 5.32 Å². The topological polar surface area (TPSA) is 62.3 Å². The van der Waals surface area contributed by atoms with Gasteiger partial charge in [-0.15, -0.1) is 0 Å². The molecule has 0 unspecified atom stereocenters. The SMILES string of the molecule is CCCCN(C)C(=O)CNC(=O)c1cccnc1. The van der Waals surface area contributed by atoms with Crippen LogP contribution in [0, 0.1) is 0 Å². The van der Waals surface area contributed by atoms with Crippen molar-refractivity contribution in [2.75, 3.05) is 20.1 Å². The second-order valence-corrected chi connectivity index (χ2v) is 4.09. The lowest BCUT2D eigenvalue weighted by molar-refractivity contribution is -0.128. The van der Waals surface area contributed by atoms with Crippen LogP contribution in [-0.2, 0) is 4.79 Å². The summed E-state index contributed by atoms with van der Waals surface area (Å²) in [5, 5.41) is 2.59. The summed E-state index contributed by atoms with van der Waals surface area (Å²) in [5.41, 5.74) is 0.460. The number of aromatic nitrogens is 1. The third kappa shape index (κ3) is 4.53. The summed E-state index contributed by atoms with van der Waals surface area (Å²) in [6, 6.07) is 3.34. The Kier molecular flexibility index (Phi) is 5.84. The van der Waals surface area contributed by atoms with Crippen molar-refractivity contribution in [2.45, 2.75) is 19.8 Å². The van der Waals surface area contributed by atoms with E-state index in [1.165, 1.54) is 6.20 Å². The van der Waals surface area contributed by atoms with E-state index < -0.39 is 0 Å². The average molecular weight is 249 g/mol. The number of nitrogens with one attached hydrogen (secondary N) is 1. The number of unbranched alkanes of at least 4 members (excludes halogenated alkanes) is 1. The van der Waals surface area contributed by atoms with E-state index in [2.05, 4.69) is 17.2 Å². The number of nitrogens with zero attached hydrogens (tertiary/aromatic N) is 2. The molecular weight excluding hydrogens is 230 g/mol. The summed E-state index contributed by atoms with van der Waals surface area (Å²) < 4.78 is 0. The molecule has 1 N–H and O–H groups in total. The monoisotopic (exact) mass is 249 g/mol. The van der Waals surface area contributed by atoms with Gasteiger partial charge in [-0.3, -0.25) is 14.6 Å². The molecular formula is C13H19N3O2. The summed E-state index contributed by atoms with van der Waals surface area (Å²) in [4.78, 5) is 28.8. The summed E-state index contributed by atoms with van der Waals surface area (Å²) in [7, 11) is 1.74. The molecule has 1 heterocycles. The quantitative estimate of drug-likeness (QED) is 0.820. The predicted molar refractivity (Wildman–Crippen MR) is 69.1 cm³/mol. The van der Waals surface area contributed by atoms with E-state index in [1.807, 2.05) is 0 Å². The minimum atomic E-state index is -0.277. The van der Waals surface area contributed by atoms with Crippen LogP contribution in [0.2, 0.25) is 0 Å².